The van der Waals surface area contributed by atoms with E-state index in [1.807, 2.05) is 30.3 Å². The average Bonchev–Trinajstić information content (AvgIpc) is 3.23. The summed E-state index contributed by atoms with van der Waals surface area (Å²) in [5.74, 6) is 0.510. The van der Waals surface area contributed by atoms with Crippen LogP contribution in [0.15, 0.2) is 60.7 Å². The van der Waals surface area contributed by atoms with Gasteiger partial charge in [-0.1, -0.05) is 60.7 Å². The first-order valence-corrected chi connectivity index (χ1v) is 11.1. The van der Waals surface area contributed by atoms with Gasteiger partial charge in [0.05, 0.1) is 6.10 Å². The molecule has 0 amide bonds. The monoisotopic (exact) mass is 394 g/mol. The van der Waals surface area contributed by atoms with E-state index in [2.05, 4.69) is 40.1 Å². The number of hydrogen-bond donors (Lipinski definition) is 2. The second-order valence-electron chi connectivity index (χ2n) is 8.79. The van der Waals surface area contributed by atoms with E-state index in [4.69, 9.17) is 0 Å². The van der Waals surface area contributed by atoms with E-state index < -0.39 is 12.2 Å². The highest BCUT2D eigenvalue weighted by molar-refractivity contribution is 5.18. The van der Waals surface area contributed by atoms with E-state index in [9.17, 15) is 10.2 Å². The molecule has 1 saturated heterocycles. The van der Waals surface area contributed by atoms with Crippen LogP contribution in [0, 0.1) is 5.92 Å². The van der Waals surface area contributed by atoms with Crippen molar-refractivity contribution in [2.75, 3.05) is 26.2 Å². The summed E-state index contributed by atoms with van der Waals surface area (Å²) >= 11 is 0. The van der Waals surface area contributed by atoms with Gasteiger partial charge in [0.2, 0.25) is 0 Å². The molecule has 0 bridgehead atoms. The molecular formula is C25H34N2O2. The van der Waals surface area contributed by atoms with Crippen molar-refractivity contribution >= 4 is 0 Å². The standard InChI is InChI=1S/C25H34N2O2/c28-24(25(29)22-9-5-2-6-10-22)18-21-11-12-23(17-21)27-15-13-26(14-16-27)19-20-7-3-1-4-8-20/h1-10,21,23-25,28-29H,11-19H2. The van der Waals surface area contributed by atoms with Gasteiger partial charge in [0.1, 0.15) is 6.10 Å². The number of piperazine rings is 1. The third-order valence-corrected chi connectivity index (χ3v) is 6.77. The summed E-state index contributed by atoms with van der Waals surface area (Å²) < 4.78 is 0. The molecule has 2 fully saturated rings. The molecule has 0 radical (unpaired) electrons. The van der Waals surface area contributed by atoms with E-state index >= 15 is 0 Å². The van der Waals surface area contributed by atoms with Crippen molar-refractivity contribution in [1.82, 2.24) is 9.80 Å². The first kappa shape index (κ1) is 20.5. The molecule has 4 unspecified atom stereocenters. The first-order valence-electron chi connectivity index (χ1n) is 11.1. The van der Waals surface area contributed by atoms with Gasteiger partial charge in [-0.05, 0) is 42.7 Å². The number of aliphatic hydroxyl groups is 2. The molecule has 4 nitrogen and oxygen atoms in total. The van der Waals surface area contributed by atoms with Crippen molar-refractivity contribution in [2.24, 2.45) is 5.92 Å². The lowest BCUT2D eigenvalue weighted by Gasteiger charge is -2.38. The van der Waals surface area contributed by atoms with Gasteiger partial charge in [-0.2, -0.15) is 0 Å². The highest BCUT2D eigenvalue weighted by Gasteiger charge is 2.33. The van der Waals surface area contributed by atoms with E-state index in [0.717, 1.165) is 51.1 Å². The van der Waals surface area contributed by atoms with Gasteiger partial charge >= 0.3 is 0 Å². The van der Waals surface area contributed by atoms with Gasteiger partial charge in [0, 0.05) is 38.8 Å². The van der Waals surface area contributed by atoms with Crippen LogP contribution in [0.3, 0.4) is 0 Å². The summed E-state index contributed by atoms with van der Waals surface area (Å²) in [5, 5.41) is 21.0. The minimum Gasteiger partial charge on any atom is -0.390 e. The largest absolute Gasteiger partial charge is 0.390 e. The van der Waals surface area contributed by atoms with Gasteiger partial charge in [-0.25, -0.2) is 0 Å². The first-order chi connectivity index (χ1) is 14.2. The number of hydrogen-bond acceptors (Lipinski definition) is 4. The topological polar surface area (TPSA) is 46.9 Å². The van der Waals surface area contributed by atoms with Gasteiger partial charge in [0.25, 0.3) is 0 Å². The van der Waals surface area contributed by atoms with Crippen molar-refractivity contribution in [2.45, 2.75) is 50.5 Å². The maximum absolute atomic E-state index is 10.5. The minimum atomic E-state index is -0.781. The zero-order chi connectivity index (χ0) is 20.1. The predicted octanol–water partition coefficient (Wildman–Crippen LogP) is 3.46. The van der Waals surface area contributed by atoms with Crippen molar-refractivity contribution in [3.05, 3.63) is 71.8 Å². The molecule has 2 N–H and O–H groups in total. The van der Waals surface area contributed by atoms with Crippen LogP contribution in [0.5, 0.6) is 0 Å². The second kappa shape index (κ2) is 9.86. The van der Waals surface area contributed by atoms with Crippen LogP contribution in [-0.4, -0.2) is 58.3 Å². The van der Waals surface area contributed by atoms with E-state index in [1.54, 1.807) is 0 Å². The van der Waals surface area contributed by atoms with Gasteiger partial charge in [-0.15, -0.1) is 0 Å². The Morgan fingerprint density at radius 1 is 0.828 bits per heavy atom. The maximum Gasteiger partial charge on any atom is 0.105 e. The molecule has 156 valence electrons. The average molecular weight is 395 g/mol. The fourth-order valence-electron chi connectivity index (χ4n) is 5.07. The molecule has 1 aliphatic carbocycles. The second-order valence-corrected chi connectivity index (χ2v) is 8.79. The Kier molecular flexibility index (Phi) is 6.98. The number of rotatable bonds is 7. The lowest BCUT2D eigenvalue weighted by atomic mass is 9.93. The summed E-state index contributed by atoms with van der Waals surface area (Å²) in [6.07, 6.45) is 2.77. The van der Waals surface area contributed by atoms with Crippen LogP contribution in [0.2, 0.25) is 0 Å². The van der Waals surface area contributed by atoms with Gasteiger partial charge < -0.3 is 10.2 Å². The zero-order valence-corrected chi connectivity index (χ0v) is 17.2. The lowest BCUT2D eigenvalue weighted by Crippen LogP contribution is -2.49. The van der Waals surface area contributed by atoms with E-state index in [0.29, 0.717) is 18.4 Å². The normalized spacial score (nSPS) is 25.7. The van der Waals surface area contributed by atoms with Crippen LogP contribution >= 0.6 is 0 Å². The fraction of sp³-hybridized carbons (Fsp3) is 0.520. The van der Waals surface area contributed by atoms with Gasteiger partial charge in [-0.3, -0.25) is 9.80 Å². The Bertz CT molecular complexity index is 731. The van der Waals surface area contributed by atoms with Crippen molar-refractivity contribution in [1.29, 1.82) is 0 Å². The zero-order valence-electron chi connectivity index (χ0n) is 17.2. The lowest BCUT2D eigenvalue weighted by molar-refractivity contribution is 0.00313. The SMILES string of the molecule is OC(CC1CCC(N2CCN(Cc3ccccc3)CC2)C1)C(O)c1ccccc1. The predicted molar refractivity (Wildman–Crippen MR) is 116 cm³/mol. The summed E-state index contributed by atoms with van der Waals surface area (Å²) in [4.78, 5) is 5.21. The smallest absolute Gasteiger partial charge is 0.105 e. The Balaban J connectivity index is 1.21. The molecule has 1 heterocycles. The quantitative estimate of drug-likeness (QED) is 0.755. The summed E-state index contributed by atoms with van der Waals surface area (Å²) in [6.45, 7) is 5.58. The molecule has 4 rings (SSSR count). The van der Waals surface area contributed by atoms with Crippen LogP contribution in [0.1, 0.15) is 42.9 Å². The molecule has 2 aromatic rings. The Morgan fingerprint density at radius 2 is 1.48 bits per heavy atom. The Morgan fingerprint density at radius 3 is 2.17 bits per heavy atom. The molecule has 0 spiro atoms. The minimum absolute atomic E-state index is 0.510. The Labute approximate surface area is 174 Å². The van der Waals surface area contributed by atoms with Crippen LogP contribution in [-0.2, 0) is 6.54 Å². The molecule has 2 aliphatic rings. The van der Waals surface area contributed by atoms with Crippen LogP contribution < -0.4 is 0 Å². The third kappa shape index (κ3) is 5.46. The molecule has 4 heteroatoms. The molecular weight excluding hydrogens is 360 g/mol. The highest BCUT2D eigenvalue weighted by atomic mass is 16.3. The van der Waals surface area contributed by atoms with E-state index in [-0.39, 0.29) is 0 Å². The molecule has 0 aromatic heterocycles. The molecule has 29 heavy (non-hydrogen) atoms. The van der Waals surface area contributed by atoms with Crippen molar-refractivity contribution in [3.63, 3.8) is 0 Å². The molecule has 1 aliphatic heterocycles. The molecule has 2 aromatic carbocycles. The van der Waals surface area contributed by atoms with E-state index in [1.165, 1.54) is 12.0 Å². The number of aliphatic hydroxyl groups excluding tert-OH is 2. The number of benzene rings is 2. The molecule has 1 saturated carbocycles. The van der Waals surface area contributed by atoms with Crippen molar-refractivity contribution in [3.8, 4) is 0 Å². The Hall–Kier alpha value is -1.72. The summed E-state index contributed by atoms with van der Waals surface area (Å²) in [7, 11) is 0. The van der Waals surface area contributed by atoms with Gasteiger partial charge in [0.15, 0.2) is 0 Å². The highest BCUT2D eigenvalue weighted by Crippen LogP contribution is 2.35. The maximum atomic E-state index is 10.5. The molecule has 4 atom stereocenters. The van der Waals surface area contributed by atoms with Crippen LogP contribution in [0.4, 0.5) is 0 Å². The summed E-state index contributed by atoms with van der Waals surface area (Å²) in [5.41, 5.74) is 2.21. The fourth-order valence-corrected chi connectivity index (χ4v) is 5.07. The third-order valence-electron chi connectivity index (χ3n) is 6.77. The van der Waals surface area contributed by atoms with Crippen LogP contribution in [0.25, 0.3) is 0 Å². The number of nitrogens with zero attached hydrogens (tertiary/aromatic N) is 2. The summed E-state index contributed by atoms with van der Waals surface area (Å²) in [6, 6.07) is 20.9. The van der Waals surface area contributed by atoms with Crippen molar-refractivity contribution < 1.29 is 10.2 Å².